The summed E-state index contributed by atoms with van der Waals surface area (Å²) < 4.78 is 78.3. The SMILES string of the molecule is CC1CC(CC(=O)NCc2ccc(-c3cc(C(F)(F)F)cc(C(F)(F)F)c3)cc2)CN1. The fourth-order valence-corrected chi connectivity index (χ4v) is 3.66. The maximum Gasteiger partial charge on any atom is 0.416 e. The second-order valence-electron chi connectivity index (χ2n) is 7.88. The molecule has 168 valence electrons. The predicted octanol–water partition coefficient (Wildman–Crippen LogP) is 5.40. The standard InChI is InChI=1S/C22H22F6N2O/c1-13-6-15(12-29-13)7-20(31)30-11-14-2-4-16(5-3-14)17-8-18(21(23,24)25)10-19(9-17)22(26,27)28/h2-5,8-10,13,15,29H,6-7,11-12H2,1H3,(H,30,31). The normalized spacial score (nSPS) is 19.5. The van der Waals surface area contributed by atoms with E-state index in [0.29, 0.717) is 30.2 Å². The monoisotopic (exact) mass is 444 g/mol. The molecule has 9 heteroatoms. The van der Waals surface area contributed by atoms with Crippen molar-refractivity contribution in [3.63, 3.8) is 0 Å². The molecule has 0 bridgehead atoms. The minimum Gasteiger partial charge on any atom is -0.352 e. The van der Waals surface area contributed by atoms with Crippen molar-refractivity contribution < 1.29 is 31.1 Å². The number of halogens is 6. The molecule has 1 saturated heterocycles. The van der Waals surface area contributed by atoms with Crippen molar-refractivity contribution >= 4 is 5.91 Å². The molecule has 0 aromatic heterocycles. The third kappa shape index (κ3) is 6.22. The highest BCUT2D eigenvalue weighted by Crippen LogP contribution is 2.38. The minimum absolute atomic E-state index is 0.0994. The molecule has 2 aromatic rings. The predicted molar refractivity (Wildman–Crippen MR) is 104 cm³/mol. The van der Waals surface area contributed by atoms with Gasteiger partial charge in [0, 0.05) is 19.0 Å². The average Bonchev–Trinajstić information content (AvgIpc) is 3.09. The molecule has 1 fully saturated rings. The van der Waals surface area contributed by atoms with E-state index < -0.39 is 23.5 Å². The number of hydrogen-bond acceptors (Lipinski definition) is 2. The van der Waals surface area contributed by atoms with Crippen molar-refractivity contribution in [2.24, 2.45) is 5.92 Å². The van der Waals surface area contributed by atoms with E-state index in [1.54, 1.807) is 12.1 Å². The fourth-order valence-electron chi connectivity index (χ4n) is 3.66. The number of nitrogens with one attached hydrogen (secondary N) is 2. The van der Waals surface area contributed by atoms with Gasteiger partial charge in [0.2, 0.25) is 5.91 Å². The van der Waals surface area contributed by atoms with E-state index in [9.17, 15) is 31.1 Å². The lowest BCUT2D eigenvalue weighted by Crippen LogP contribution is -2.25. The summed E-state index contributed by atoms with van der Waals surface area (Å²) in [6, 6.07) is 7.92. The molecule has 1 heterocycles. The van der Waals surface area contributed by atoms with Crippen LogP contribution in [0.1, 0.15) is 36.5 Å². The Kier molecular flexibility index (Phi) is 6.64. The van der Waals surface area contributed by atoms with Crippen molar-refractivity contribution in [1.82, 2.24) is 10.6 Å². The van der Waals surface area contributed by atoms with Crippen LogP contribution in [0.3, 0.4) is 0 Å². The van der Waals surface area contributed by atoms with E-state index in [1.165, 1.54) is 12.1 Å². The highest BCUT2D eigenvalue weighted by atomic mass is 19.4. The van der Waals surface area contributed by atoms with Crippen molar-refractivity contribution in [2.75, 3.05) is 6.54 Å². The summed E-state index contributed by atoms with van der Waals surface area (Å²) >= 11 is 0. The van der Waals surface area contributed by atoms with E-state index in [2.05, 4.69) is 17.6 Å². The average molecular weight is 444 g/mol. The number of benzene rings is 2. The van der Waals surface area contributed by atoms with Gasteiger partial charge >= 0.3 is 12.4 Å². The Labute approximate surface area is 175 Å². The van der Waals surface area contributed by atoms with Crippen molar-refractivity contribution in [3.05, 3.63) is 59.2 Å². The van der Waals surface area contributed by atoms with E-state index >= 15 is 0 Å². The van der Waals surface area contributed by atoms with Gasteiger partial charge in [-0.05, 0) is 60.7 Å². The molecule has 1 aliphatic heterocycles. The molecule has 2 atom stereocenters. The lowest BCUT2D eigenvalue weighted by atomic mass is 9.98. The van der Waals surface area contributed by atoms with Gasteiger partial charge < -0.3 is 10.6 Å². The number of alkyl halides is 6. The van der Waals surface area contributed by atoms with Gasteiger partial charge in [0.1, 0.15) is 0 Å². The first-order chi connectivity index (χ1) is 14.4. The van der Waals surface area contributed by atoms with Crippen LogP contribution < -0.4 is 10.6 Å². The van der Waals surface area contributed by atoms with Gasteiger partial charge in [0.05, 0.1) is 11.1 Å². The van der Waals surface area contributed by atoms with Gasteiger partial charge in [0.15, 0.2) is 0 Å². The van der Waals surface area contributed by atoms with Crippen LogP contribution in [0.2, 0.25) is 0 Å². The lowest BCUT2D eigenvalue weighted by molar-refractivity contribution is -0.143. The fraction of sp³-hybridized carbons (Fsp3) is 0.409. The first-order valence-electron chi connectivity index (χ1n) is 9.80. The van der Waals surface area contributed by atoms with E-state index in [1.807, 2.05) is 0 Å². The van der Waals surface area contributed by atoms with Gasteiger partial charge in [-0.1, -0.05) is 24.3 Å². The summed E-state index contributed by atoms with van der Waals surface area (Å²) in [5.41, 5.74) is -1.98. The van der Waals surface area contributed by atoms with Gasteiger partial charge in [-0.2, -0.15) is 26.3 Å². The van der Waals surface area contributed by atoms with Crippen LogP contribution in [0.4, 0.5) is 26.3 Å². The van der Waals surface area contributed by atoms with Crippen LogP contribution in [0.15, 0.2) is 42.5 Å². The molecule has 2 N–H and O–H groups in total. The largest absolute Gasteiger partial charge is 0.416 e. The number of carbonyl (C=O) groups is 1. The maximum atomic E-state index is 13.0. The molecule has 2 aromatic carbocycles. The Balaban J connectivity index is 1.70. The summed E-state index contributed by atoms with van der Waals surface area (Å²) in [6.45, 7) is 3.08. The molecule has 3 nitrogen and oxygen atoms in total. The summed E-state index contributed by atoms with van der Waals surface area (Å²) in [7, 11) is 0. The molecule has 1 amide bonds. The van der Waals surface area contributed by atoms with Crippen LogP contribution >= 0.6 is 0 Å². The van der Waals surface area contributed by atoms with Gasteiger partial charge in [-0.25, -0.2) is 0 Å². The van der Waals surface area contributed by atoms with Gasteiger partial charge in [0.25, 0.3) is 0 Å². The molecule has 2 unspecified atom stereocenters. The first kappa shape index (κ1) is 23.1. The topological polar surface area (TPSA) is 41.1 Å². The van der Waals surface area contributed by atoms with Crippen LogP contribution in [0, 0.1) is 5.92 Å². The van der Waals surface area contributed by atoms with Crippen molar-refractivity contribution in [3.8, 4) is 11.1 Å². The zero-order valence-corrected chi connectivity index (χ0v) is 16.7. The molecule has 3 rings (SSSR count). The first-order valence-corrected chi connectivity index (χ1v) is 9.80. The van der Waals surface area contributed by atoms with E-state index in [4.69, 9.17) is 0 Å². The lowest BCUT2D eigenvalue weighted by Gasteiger charge is -2.14. The van der Waals surface area contributed by atoms with Crippen LogP contribution in [0.25, 0.3) is 11.1 Å². The summed E-state index contributed by atoms with van der Waals surface area (Å²) in [5, 5.41) is 6.07. The Morgan fingerprint density at radius 2 is 1.55 bits per heavy atom. The number of amides is 1. The summed E-state index contributed by atoms with van der Waals surface area (Å²) in [4.78, 5) is 12.1. The van der Waals surface area contributed by atoms with Crippen LogP contribution in [-0.4, -0.2) is 18.5 Å². The molecule has 0 spiro atoms. The summed E-state index contributed by atoms with van der Waals surface area (Å²) in [6.07, 6.45) is -8.46. The van der Waals surface area contributed by atoms with Gasteiger partial charge in [-0.15, -0.1) is 0 Å². The number of carbonyl (C=O) groups excluding carboxylic acids is 1. The Morgan fingerprint density at radius 3 is 2.03 bits per heavy atom. The Hall–Kier alpha value is -2.55. The number of rotatable bonds is 5. The van der Waals surface area contributed by atoms with E-state index in [-0.39, 0.29) is 35.6 Å². The van der Waals surface area contributed by atoms with E-state index in [0.717, 1.165) is 13.0 Å². The van der Waals surface area contributed by atoms with Crippen LogP contribution in [-0.2, 0) is 23.7 Å². The number of hydrogen-bond donors (Lipinski definition) is 2. The Bertz CT molecular complexity index is 889. The third-order valence-electron chi connectivity index (χ3n) is 5.28. The van der Waals surface area contributed by atoms with Crippen molar-refractivity contribution in [2.45, 2.75) is 44.7 Å². The second kappa shape index (κ2) is 8.90. The van der Waals surface area contributed by atoms with Crippen molar-refractivity contribution in [1.29, 1.82) is 0 Å². The molecule has 0 saturated carbocycles. The molecule has 1 aliphatic rings. The molecule has 0 aliphatic carbocycles. The molecule has 0 radical (unpaired) electrons. The zero-order valence-electron chi connectivity index (χ0n) is 16.7. The maximum absolute atomic E-state index is 13.0. The molecular formula is C22H22F6N2O. The third-order valence-corrected chi connectivity index (χ3v) is 5.28. The highest BCUT2D eigenvalue weighted by Gasteiger charge is 2.37. The second-order valence-corrected chi connectivity index (χ2v) is 7.88. The van der Waals surface area contributed by atoms with Crippen LogP contribution in [0.5, 0.6) is 0 Å². The minimum atomic E-state index is -4.90. The molecule has 31 heavy (non-hydrogen) atoms. The highest BCUT2D eigenvalue weighted by molar-refractivity contribution is 5.76. The quantitative estimate of drug-likeness (QED) is 0.607. The Morgan fingerprint density at radius 1 is 0.968 bits per heavy atom. The zero-order chi connectivity index (χ0) is 22.8. The smallest absolute Gasteiger partial charge is 0.352 e. The summed E-state index contributed by atoms with van der Waals surface area (Å²) in [5.74, 6) is 0.179. The molecular weight excluding hydrogens is 422 g/mol. The van der Waals surface area contributed by atoms with Gasteiger partial charge in [-0.3, -0.25) is 4.79 Å².